The van der Waals surface area contributed by atoms with Crippen molar-refractivity contribution in [3.05, 3.63) is 227 Å². The predicted octanol–water partition coefficient (Wildman–Crippen LogP) is 14.5. The highest BCUT2D eigenvalue weighted by molar-refractivity contribution is 6.09. The van der Waals surface area contributed by atoms with E-state index >= 15 is 0 Å². The van der Waals surface area contributed by atoms with Crippen LogP contribution in [0.1, 0.15) is 44.5 Å². The van der Waals surface area contributed by atoms with E-state index in [1.165, 1.54) is 88.7 Å². The Morgan fingerprint density at radius 3 is 1.69 bits per heavy atom. The molecule has 59 heavy (non-hydrogen) atoms. The standard InChI is InChI=1S/C57H42N2/c1-35-34-58-55-44(36(35)2)28-29-45-37(3)38(4)54(59-56(45)55)51-31-30-46(47-22-11-12-23-48(47)51)41-17-15-16-39(32-41)40-26-27-50-49-24-13-14-25-52(49)57(53(50)33-40,42-18-7-5-8-19-42)43-20-9-6-10-21-43/h5-34H,1-4H3. The summed E-state index contributed by atoms with van der Waals surface area (Å²) in [5.74, 6) is 0. The summed E-state index contributed by atoms with van der Waals surface area (Å²) in [7, 11) is 0. The second-order valence-electron chi connectivity index (χ2n) is 16.2. The minimum atomic E-state index is -0.443. The lowest BCUT2D eigenvalue weighted by molar-refractivity contribution is 0.769. The Hall–Kier alpha value is -7.16. The molecule has 2 nitrogen and oxygen atoms in total. The lowest BCUT2D eigenvalue weighted by Crippen LogP contribution is -2.28. The monoisotopic (exact) mass is 754 g/mol. The summed E-state index contributed by atoms with van der Waals surface area (Å²) in [4.78, 5) is 10.4. The van der Waals surface area contributed by atoms with Crippen LogP contribution < -0.4 is 0 Å². The third-order valence-corrected chi connectivity index (χ3v) is 13.2. The average Bonchev–Trinajstić information content (AvgIpc) is 3.59. The summed E-state index contributed by atoms with van der Waals surface area (Å²) < 4.78 is 0. The van der Waals surface area contributed by atoms with E-state index in [-0.39, 0.29) is 0 Å². The van der Waals surface area contributed by atoms with Crippen molar-refractivity contribution in [2.24, 2.45) is 0 Å². The molecule has 2 heteroatoms. The third-order valence-electron chi connectivity index (χ3n) is 13.2. The molecule has 0 unspecified atom stereocenters. The Labute approximate surface area is 345 Å². The summed E-state index contributed by atoms with van der Waals surface area (Å²) in [6.45, 7) is 8.74. The van der Waals surface area contributed by atoms with Gasteiger partial charge >= 0.3 is 0 Å². The van der Waals surface area contributed by atoms with Crippen molar-refractivity contribution in [1.82, 2.24) is 9.97 Å². The van der Waals surface area contributed by atoms with Crippen LogP contribution in [0.2, 0.25) is 0 Å². The fourth-order valence-corrected chi connectivity index (χ4v) is 9.98. The van der Waals surface area contributed by atoms with Crippen molar-refractivity contribution in [3.63, 3.8) is 0 Å². The fraction of sp³-hybridized carbons (Fsp3) is 0.0877. The van der Waals surface area contributed by atoms with Crippen molar-refractivity contribution in [2.75, 3.05) is 0 Å². The van der Waals surface area contributed by atoms with Gasteiger partial charge in [0.15, 0.2) is 0 Å². The molecule has 0 spiro atoms. The summed E-state index contributed by atoms with van der Waals surface area (Å²) in [5.41, 5.74) is 21.1. The van der Waals surface area contributed by atoms with E-state index in [0.29, 0.717) is 0 Å². The smallest absolute Gasteiger partial charge is 0.0975 e. The van der Waals surface area contributed by atoms with Gasteiger partial charge in [-0.05, 0) is 128 Å². The Bertz CT molecular complexity index is 3270. The molecule has 1 aliphatic carbocycles. The highest BCUT2D eigenvalue weighted by atomic mass is 14.8. The number of hydrogen-bond donors (Lipinski definition) is 0. The maximum absolute atomic E-state index is 5.45. The van der Waals surface area contributed by atoms with Crippen molar-refractivity contribution in [3.8, 4) is 44.6 Å². The van der Waals surface area contributed by atoms with Crippen LogP contribution in [0.5, 0.6) is 0 Å². The number of fused-ring (bicyclic) bond motifs is 7. The first-order chi connectivity index (χ1) is 28.9. The maximum Gasteiger partial charge on any atom is 0.0975 e. The first-order valence-corrected chi connectivity index (χ1v) is 20.6. The number of benzene rings is 8. The van der Waals surface area contributed by atoms with Gasteiger partial charge in [-0.1, -0.05) is 164 Å². The van der Waals surface area contributed by atoms with E-state index in [1.807, 2.05) is 6.20 Å². The quantitative estimate of drug-likeness (QED) is 0.164. The van der Waals surface area contributed by atoms with Gasteiger partial charge in [0.1, 0.15) is 0 Å². The van der Waals surface area contributed by atoms with Crippen LogP contribution in [0.25, 0.3) is 77.2 Å². The molecule has 0 saturated carbocycles. The van der Waals surface area contributed by atoms with Crippen molar-refractivity contribution in [1.29, 1.82) is 0 Å². The second-order valence-corrected chi connectivity index (χ2v) is 16.2. The third kappa shape index (κ3) is 5.19. The van der Waals surface area contributed by atoms with Gasteiger partial charge in [-0.2, -0.15) is 0 Å². The van der Waals surface area contributed by atoms with Crippen molar-refractivity contribution in [2.45, 2.75) is 33.1 Å². The molecule has 11 rings (SSSR count). The Morgan fingerprint density at radius 2 is 0.949 bits per heavy atom. The van der Waals surface area contributed by atoms with Gasteiger partial charge in [-0.25, -0.2) is 4.98 Å². The molecular formula is C57H42N2. The summed E-state index contributed by atoms with van der Waals surface area (Å²) in [5, 5.41) is 4.72. The SMILES string of the molecule is Cc1cnc2c(ccc3c(C)c(C)c(-c4ccc(-c5cccc(-c6ccc7c(c6)C(c6ccccc6)(c6ccccc6)c6ccccc6-7)c5)c5ccccc45)nc32)c1C. The first-order valence-electron chi connectivity index (χ1n) is 20.6. The number of nitrogens with zero attached hydrogens (tertiary/aromatic N) is 2. The molecular weight excluding hydrogens is 713 g/mol. The Kier molecular flexibility index (Phi) is 8.00. The molecule has 0 atom stereocenters. The fourth-order valence-electron chi connectivity index (χ4n) is 9.98. The molecule has 10 aromatic rings. The largest absolute Gasteiger partial charge is 0.254 e. The first kappa shape index (κ1) is 35.0. The number of pyridine rings is 2. The number of hydrogen-bond acceptors (Lipinski definition) is 2. The Balaban J connectivity index is 1.07. The van der Waals surface area contributed by atoms with E-state index in [0.717, 1.165) is 33.1 Å². The lowest BCUT2D eigenvalue weighted by atomic mass is 9.67. The van der Waals surface area contributed by atoms with Crippen LogP contribution in [0.4, 0.5) is 0 Å². The van der Waals surface area contributed by atoms with Crippen LogP contribution in [0.3, 0.4) is 0 Å². The molecule has 0 radical (unpaired) electrons. The minimum Gasteiger partial charge on any atom is -0.254 e. The van der Waals surface area contributed by atoms with Crippen LogP contribution in [0.15, 0.2) is 182 Å². The molecule has 2 heterocycles. The Morgan fingerprint density at radius 1 is 0.373 bits per heavy atom. The molecule has 280 valence electrons. The maximum atomic E-state index is 5.45. The van der Waals surface area contributed by atoms with Crippen LogP contribution >= 0.6 is 0 Å². The molecule has 8 aromatic carbocycles. The number of aryl methyl sites for hydroxylation is 3. The van der Waals surface area contributed by atoms with E-state index in [2.05, 4.69) is 204 Å². The van der Waals surface area contributed by atoms with Crippen LogP contribution in [-0.4, -0.2) is 9.97 Å². The summed E-state index contributed by atoms with van der Waals surface area (Å²) in [6, 6.07) is 65.0. The van der Waals surface area contributed by atoms with Crippen molar-refractivity contribution < 1.29 is 0 Å². The lowest BCUT2D eigenvalue weighted by Gasteiger charge is -2.34. The zero-order valence-electron chi connectivity index (χ0n) is 33.7. The van der Waals surface area contributed by atoms with Gasteiger partial charge < -0.3 is 0 Å². The summed E-state index contributed by atoms with van der Waals surface area (Å²) in [6.07, 6.45) is 1.98. The van der Waals surface area contributed by atoms with Crippen LogP contribution in [-0.2, 0) is 5.41 Å². The summed E-state index contributed by atoms with van der Waals surface area (Å²) >= 11 is 0. The highest BCUT2D eigenvalue weighted by Crippen LogP contribution is 2.56. The van der Waals surface area contributed by atoms with Gasteiger partial charge in [-0.15, -0.1) is 0 Å². The average molecular weight is 755 g/mol. The molecule has 0 N–H and O–H groups in total. The second kappa shape index (κ2) is 13.5. The van der Waals surface area contributed by atoms with Crippen LogP contribution in [0, 0.1) is 27.7 Å². The van der Waals surface area contributed by atoms with E-state index in [1.54, 1.807) is 0 Å². The molecule has 1 aliphatic rings. The molecule has 0 saturated heterocycles. The van der Waals surface area contributed by atoms with Crippen molar-refractivity contribution >= 4 is 32.6 Å². The highest BCUT2D eigenvalue weighted by Gasteiger charge is 2.46. The number of aromatic nitrogens is 2. The zero-order valence-corrected chi connectivity index (χ0v) is 33.7. The van der Waals surface area contributed by atoms with Gasteiger partial charge in [0.2, 0.25) is 0 Å². The minimum absolute atomic E-state index is 0.443. The predicted molar refractivity (Wildman–Crippen MR) is 247 cm³/mol. The molecule has 0 amide bonds. The zero-order chi connectivity index (χ0) is 39.8. The van der Waals surface area contributed by atoms with Gasteiger partial charge in [0, 0.05) is 22.5 Å². The molecule has 2 aromatic heterocycles. The molecule has 0 bridgehead atoms. The van der Waals surface area contributed by atoms with Gasteiger partial charge in [-0.3, -0.25) is 4.98 Å². The van der Waals surface area contributed by atoms with E-state index < -0.39 is 5.41 Å². The van der Waals surface area contributed by atoms with E-state index in [9.17, 15) is 0 Å². The van der Waals surface area contributed by atoms with Gasteiger partial charge in [0.05, 0.1) is 22.1 Å². The topological polar surface area (TPSA) is 25.8 Å². The molecule has 0 fully saturated rings. The van der Waals surface area contributed by atoms with Gasteiger partial charge in [0.25, 0.3) is 0 Å². The number of rotatable bonds is 5. The molecule has 0 aliphatic heterocycles. The normalized spacial score (nSPS) is 12.9. The van der Waals surface area contributed by atoms with E-state index in [4.69, 9.17) is 9.97 Å².